The third kappa shape index (κ3) is 4.99. The molecule has 0 radical (unpaired) electrons. The average molecular weight is 346 g/mol. The summed E-state index contributed by atoms with van der Waals surface area (Å²) in [5.74, 6) is -0.826. The van der Waals surface area contributed by atoms with Crippen molar-refractivity contribution in [2.24, 2.45) is 0 Å². The lowest BCUT2D eigenvalue weighted by Crippen LogP contribution is -2.42. The molecule has 1 aromatic carbocycles. The molecule has 2 aromatic rings. The number of rotatable bonds is 7. The molecule has 2 atom stereocenters. The van der Waals surface area contributed by atoms with Gasteiger partial charge in [-0.15, -0.1) is 0 Å². The molecule has 126 valence electrons. The molecule has 0 saturated carbocycles. The number of esters is 1. The van der Waals surface area contributed by atoms with Gasteiger partial charge in [-0.1, -0.05) is 24.3 Å². The van der Waals surface area contributed by atoms with Crippen LogP contribution in [0.4, 0.5) is 0 Å². The fourth-order valence-corrected chi connectivity index (χ4v) is 3.18. The number of nitrogens with one attached hydrogen (secondary N) is 1. The van der Waals surface area contributed by atoms with Crippen molar-refractivity contribution >= 4 is 22.7 Å². The van der Waals surface area contributed by atoms with Crippen molar-refractivity contribution in [3.63, 3.8) is 0 Å². The third-order valence-corrected chi connectivity index (χ3v) is 4.69. The second-order valence-electron chi connectivity index (χ2n) is 4.92. The van der Waals surface area contributed by atoms with Gasteiger partial charge in [-0.2, -0.15) is 0 Å². The highest BCUT2D eigenvalue weighted by Crippen LogP contribution is 2.09. The Bertz CT molecular complexity index is 707. The molecule has 1 heterocycles. The van der Waals surface area contributed by atoms with E-state index in [2.05, 4.69) is 10.3 Å². The summed E-state index contributed by atoms with van der Waals surface area (Å²) in [7, 11) is -0.0101. The number of carbonyl (C=O) groups is 2. The van der Waals surface area contributed by atoms with Crippen LogP contribution < -0.4 is 5.32 Å². The second kappa shape index (κ2) is 8.93. The van der Waals surface area contributed by atoms with E-state index in [1.807, 2.05) is 6.07 Å². The monoisotopic (exact) mass is 346 g/mol. The molecule has 1 aromatic heterocycles. The molecule has 0 saturated heterocycles. The van der Waals surface area contributed by atoms with Gasteiger partial charge in [0.2, 0.25) is 0 Å². The van der Waals surface area contributed by atoms with Crippen LogP contribution >= 0.6 is 0 Å². The Labute approximate surface area is 142 Å². The van der Waals surface area contributed by atoms with Crippen LogP contribution in [0.5, 0.6) is 0 Å². The van der Waals surface area contributed by atoms with E-state index in [0.29, 0.717) is 4.90 Å². The first kappa shape index (κ1) is 17.8. The van der Waals surface area contributed by atoms with Crippen molar-refractivity contribution in [2.45, 2.75) is 17.4 Å². The zero-order valence-corrected chi connectivity index (χ0v) is 14.0. The number of hydrogen-bond acceptors (Lipinski definition) is 5. The Morgan fingerprint density at radius 1 is 1.17 bits per heavy atom. The molecule has 0 aliphatic carbocycles. The maximum atomic E-state index is 12.2. The summed E-state index contributed by atoms with van der Waals surface area (Å²) < 4.78 is 17.0. The lowest BCUT2D eigenvalue weighted by Gasteiger charge is -2.16. The second-order valence-corrected chi connectivity index (χ2v) is 6.49. The highest BCUT2D eigenvalue weighted by Gasteiger charge is 2.23. The van der Waals surface area contributed by atoms with Gasteiger partial charge < -0.3 is 10.1 Å². The highest BCUT2D eigenvalue weighted by atomic mass is 32.2. The number of hydrogen-bond donors (Lipinski definition) is 1. The minimum Gasteiger partial charge on any atom is -0.467 e. The number of benzene rings is 1. The number of carbonyl (C=O) groups excluding carboxylic acids is 2. The quantitative estimate of drug-likeness (QED) is 0.769. The van der Waals surface area contributed by atoms with Crippen LogP contribution in [0.15, 0.2) is 59.6 Å². The fraction of sp³-hybridized carbons (Fsp3) is 0.235. The van der Waals surface area contributed by atoms with Gasteiger partial charge in [0.1, 0.15) is 11.7 Å². The van der Waals surface area contributed by atoms with Crippen LogP contribution in [-0.2, 0) is 20.3 Å². The molecule has 0 aliphatic heterocycles. The van der Waals surface area contributed by atoms with Crippen LogP contribution in [-0.4, -0.2) is 40.0 Å². The van der Waals surface area contributed by atoms with Gasteiger partial charge in [0.15, 0.2) is 0 Å². The van der Waals surface area contributed by atoms with Gasteiger partial charge in [0, 0.05) is 16.8 Å². The maximum absolute atomic E-state index is 12.2. The molecule has 0 spiro atoms. The Hall–Kier alpha value is -2.54. The van der Waals surface area contributed by atoms with E-state index in [1.54, 1.807) is 42.5 Å². The molecule has 2 rings (SSSR count). The molecule has 0 unspecified atom stereocenters. The number of methoxy groups -OCH3 is 1. The van der Waals surface area contributed by atoms with Gasteiger partial charge in [-0.05, 0) is 30.7 Å². The summed E-state index contributed by atoms with van der Waals surface area (Å²) in [6.45, 7) is 0. The largest absolute Gasteiger partial charge is 0.467 e. The Kier molecular flexibility index (Phi) is 6.62. The Morgan fingerprint density at radius 2 is 1.88 bits per heavy atom. The van der Waals surface area contributed by atoms with Crippen molar-refractivity contribution in [2.75, 3.05) is 12.9 Å². The first-order chi connectivity index (χ1) is 11.6. The van der Waals surface area contributed by atoms with Crippen LogP contribution in [0.25, 0.3) is 0 Å². The smallest absolute Gasteiger partial charge is 0.328 e. The normalized spacial score (nSPS) is 12.9. The van der Waals surface area contributed by atoms with Gasteiger partial charge in [-0.25, -0.2) is 4.79 Å². The van der Waals surface area contributed by atoms with Crippen molar-refractivity contribution < 1.29 is 18.5 Å². The predicted molar refractivity (Wildman–Crippen MR) is 89.8 cm³/mol. The Morgan fingerprint density at radius 3 is 2.50 bits per heavy atom. The average Bonchev–Trinajstić information content (AvgIpc) is 2.65. The van der Waals surface area contributed by atoms with Crippen LogP contribution in [0.2, 0.25) is 0 Å². The molecular weight excluding hydrogens is 328 g/mol. The van der Waals surface area contributed by atoms with E-state index in [9.17, 15) is 13.8 Å². The third-order valence-electron chi connectivity index (χ3n) is 3.29. The van der Waals surface area contributed by atoms with Crippen LogP contribution in [0.1, 0.15) is 16.9 Å². The van der Waals surface area contributed by atoms with Gasteiger partial charge in [0.05, 0.1) is 17.9 Å². The van der Waals surface area contributed by atoms with E-state index in [4.69, 9.17) is 4.74 Å². The van der Waals surface area contributed by atoms with Crippen molar-refractivity contribution in [1.82, 2.24) is 10.3 Å². The van der Waals surface area contributed by atoms with Crippen molar-refractivity contribution in [3.8, 4) is 0 Å². The van der Waals surface area contributed by atoms with E-state index >= 15 is 0 Å². The van der Waals surface area contributed by atoms with Crippen molar-refractivity contribution in [1.29, 1.82) is 0 Å². The summed E-state index contributed by atoms with van der Waals surface area (Å²) in [6.07, 6.45) is 1.69. The SMILES string of the molecule is COC(=O)[C@H](CC[S@](=O)c1ccccc1)NC(=O)c1ccccn1. The molecule has 0 aliphatic rings. The standard InChI is InChI=1S/C17H18N2O4S/c1-23-17(21)15(19-16(20)14-9-5-6-11-18-14)10-12-24(22)13-7-3-2-4-8-13/h2-9,11,15H,10,12H2,1H3,(H,19,20)/t15-,24-/m0/s1. The molecule has 1 amide bonds. The van der Waals surface area contributed by atoms with E-state index in [0.717, 1.165) is 0 Å². The molecule has 0 bridgehead atoms. The first-order valence-electron chi connectivity index (χ1n) is 7.35. The van der Waals surface area contributed by atoms with Gasteiger partial charge in [-0.3, -0.25) is 14.0 Å². The number of ether oxygens (including phenoxy) is 1. The topological polar surface area (TPSA) is 85.4 Å². The summed E-state index contributed by atoms with van der Waals surface area (Å²) in [5.41, 5.74) is 0.204. The Balaban J connectivity index is 2.00. The number of amides is 1. The summed E-state index contributed by atoms with van der Waals surface area (Å²) >= 11 is 0. The summed E-state index contributed by atoms with van der Waals surface area (Å²) in [5, 5.41) is 2.58. The van der Waals surface area contributed by atoms with E-state index in [1.165, 1.54) is 13.3 Å². The first-order valence-corrected chi connectivity index (χ1v) is 8.67. The number of nitrogens with zero attached hydrogens (tertiary/aromatic N) is 1. The van der Waals surface area contributed by atoms with Crippen LogP contribution in [0, 0.1) is 0 Å². The number of pyridine rings is 1. The molecular formula is C17H18N2O4S. The lowest BCUT2D eigenvalue weighted by molar-refractivity contribution is -0.142. The van der Waals surface area contributed by atoms with Gasteiger partial charge in [0.25, 0.3) is 5.91 Å². The molecule has 1 N–H and O–H groups in total. The maximum Gasteiger partial charge on any atom is 0.328 e. The fourth-order valence-electron chi connectivity index (χ4n) is 2.04. The number of aromatic nitrogens is 1. The lowest BCUT2D eigenvalue weighted by atomic mass is 10.2. The zero-order chi connectivity index (χ0) is 17.4. The zero-order valence-electron chi connectivity index (χ0n) is 13.2. The summed E-state index contributed by atoms with van der Waals surface area (Å²) in [6, 6.07) is 13.0. The predicted octanol–water partition coefficient (Wildman–Crippen LogP) is 1.55. The van der Waals surface area contributed by atoms with Crippen LogP contribution in [0.3, 0.4) is 0 Å². The molecule has 7 heteroatoms. The molecule has 0 fully saturated rings. The molecule has 6 nitrogen and oxygen atoms in total. The summed E-state index contributed by atoms with van der Waals surface area (Å²) in [4.78, 5) is 28.6. The highest BCUT2D eigenvalue weighted by molar-refractivity contribution is 7.85. The van der Waals surface area contributed by atoms with E-state index < -0.39 is 28.7 Å². The minimum atomic E-state index is -1.26. The van der Waals surface area contributed by atoms with Crippen molar-refractivity contribution in [3.05, 3.63) is 60.4 Å². The molecule has 24 heavy (non-hydrogen) atoms. The minimum absolute atomic E-state index is 0.201. The van der Waals surface area contributed by atoms with E-state index in [-0.39, 0.29) is 17.9 Å². The van der Waals surface area contributed by atoms with Gasteiger partial charge >= 0.3 is 5.97 Å².